The summed E-state index contributed by atoms with van der Waals surface area (Å²) in [5.41, 5.74) is 1.86. The van der Waals surface area contributed by atoms with Crippen LogP contribution in [0.5, 0.6) is 0 Å². The van der Waals surface area contributed by atoms with Gasteiger partial charge in [-0.15, -0.1) is 0 Å². The van der Waals surface area contributed by atoms with E-state index in [-0.39, 0.29) is 0 Å². The smallest absolute Gasteiger partial charge is 0.340 e. The third-order valence-electron chi connectivity index (χ3n) is 3.57. The molecule has 0 atom stereocenters. The topological polar surface area (TPSA) is 49.8 Å². The lowest BCUT2D eigenvalue weighted by atomic mass is 10.1. The highest BCUT2D eigenvalue weighted by Gasteiger charge is 2.30. The minimum Gasteiger partial charge on any atom is -0.340 e. The van der Waals surface area contributed by atoms with Crippen molar-refractivity contribution >= 4 is 23.3 Å². The summed E-state index contributed by atoms with van der Waals surface area (Å²) in [6.45, 7) is 1.50. The molecule has 0 radical (unpaired) electrons. The number of benzene rings is 1. The molecule has 1 aromatic carbocycles. The van der Waals surface area contributed by atoms with Gasteiger partial charge in [0.25, 0.3) is 0 Å². The number of hydrogen-bond acceptors (Lipinski definition) is 5. The van der Waals surface area contributed by atoms with Crippen molar-refractivity contribution in [1.82, 2.24) is 15.3 Å². The lowest BCUT2D eigenvalue weighted by Crippen LogP contribution is -2.26. The van der Waals surface area contributed by atoms with Crippen LogP contribution in [-0.2, 0) is 19.1 Å². The fraction of sp³-hybridized carbons (Fsp3) is 0.333. The number of fused-ring (bicyclic) bond motifs is 1. The third-order valence-corrected chi connectivity index (χ3v) is 4.12. The SMILES string of the molecule is CSc1nc2c(c(Nc3ccc(C(F)(F)F)cc3)n1)CCNC2. The van der Waals surface area contributed by atoms with Gasteiger partial charge in [0.1, 0.15) is 5.82 Å². The van der Waals surface area contributed by atoms with Gasteiger partial charge in [0, 0.05) is 17.8 Å². The number of nitrogens with zero attached hydrogens (tertiary/aromatic N) is 2. The third kappa shape index (κ3) is 3.59. The number of aromatic nitrogens is 2. The van der Waals surface area contributed by atoms with Crippen LogP contribution in [0.15, 0.2) is 29.4 Å². The van der Waals surface area contributed by atoms with Gasteiger partial charge < -0.3 is 10.6 Å². The molecule has 0 saturated carbocycles. The lowest BCUT2D eigenvalue weighted by molar-refractivity contribution is -0.137. The number of anilines is 2. The zero-order chi connectivity index (χ0) is 16.4. The van der Waals surface area contributed by atoms with E-state index in [1.807, 2.05) is 6.26 Å². The molecule has 0 spiro atoms. The first-order chi connectivity index (χ1) is 11.0. The maximum absolute atomic E-state index is 12.6. The van der Waals surface area contributed by atoms with Gasteiger partial charge in [-0.1, -0.05) is 11.8 Å². The zero-order valence-electron chi connectivity index (χ0n) is 12.4. The molecule has 0 unspecified atom stereocenters. The van der Waals surface area contributed by atoms with Crippen molar-refractivity contribution in [3.63, 3.8) is 0 Å². The Kier molecular flexibility index (Phi) is 4.45. The minimum absolute atomic E-state index is 0.574. The molecule has 8 heteroatoms. The molecular weight excluding hydrogens is 325 g/mol. The van der Waals surface area contributed by atoms with E-state index in [1.54, 1.807) is 0 Å². The van der Waals surface area contributed by atoms with Gasteiger partial charge in [-0.3, -0.25) is 0 Å². The lowest BCUT2D eigenvalue weighted by Gasteiger charge is -2.20. The van der Waals surface area contributed by atoms with E-state index in [2.05, 4.69) is 20.6 Å². The predicted octanol–water partition coefficient (Wildman–Crippen LogP) is 3.61. The van der Waals surface area contributed by atoms with Crippen LogP contribution in [0.4, 0.5) is 24.7 Å². The molecule has 1 aromatic heterocycles. The Balaban J connectivity index is 1.90. The molecule has 122 valence electrons. The maximum Gasteiger partial charge on any atom is 0.416 e. The van der Waals surface area contributed by atoms with Gasteiger partial charge in [-0.25, -0.2) is 9.97 Å². The van der Waals surface area contributed by atoms with Crippen LogP contribution in [-0.4, -0.2) is 22.8 Å². The van der Waals surface area contributed by atoms with E-state index in [0.29, 0.717) is 23.2 Å². The highest BCUT2D eigenvalue weighted by molar-refractivity contribution is 7.98. The maximum atomic E-state index is 12.6. The molecule has 0 bridgehead atoms. The van der Waals surface area contributed by atoms with E-state index < -0.39 is 11.7 Å². The summed E-state index contributed by atoms with van der Waals surface area (Å²) in [7, 11) is 0. The van der Waals surface area contributed by atoms with Gasteiger partial charge >= 0.3 is 6.18 Å². The number of thioether (sulfide) groups is 1. The van der Waals surface area contributed by atoms with E-state index >= 15 is 0 Å². The Hall–Kier alpha value is -1.80. The van der Waals surface area contributed by atoms with E-state index in [9.17, 15) is 13.2 Å². The van der Waals surface area contributed by atoms with Gasteiger partial charge in [0.2, 0.25) is 0 Å². The average molecular weight is 340 g/mol. The van der Waals surface area contributed by atoms with E-state index in [1.165, 1.54) is 23.9 Å². The van der Waals surface area contributed by atoms with Crippen LogP contribution in [0.2, 0.25) is 0 Å². The number of nitrogens with one attached hydrogen (secondary N) is 2. The van der Waals surface area contributed by atoms with Crippen LogP contribution in [0.1, 0.15) is 16.8 Å². The first-order valence-electron chi connectivity index (χ1n) is 7.06. The molecule has 23 heavy (non-hydrogen) atoms. The second-order valence-electron chi connectivity index (χ2n) is 5.11. The summed E-state index contributed by atoms with van der Waals surface area (Å²) >= 11 is 1.43. The second-order valence-corrected chi connectivity index (χ2v) is 5.88. The van der Waals surface area contributed by atoms with Crippen LogP contribution >= 0.6 is 11.8 Å². The van der Waals surface area contributed by atoms with Crippen molar-refractivity contribution in [2.45, 2.75) is 24.3 Å². The van der Waals surface area contributed by atoms with Gasteiger partial charge in [-0.05, 0) is 43.5 Å². The first-order valence-corrected chi connectivity index (χ1v) is 8.28. The number of rotatable bonds is 3. The molecule has 0 aliphatic carbocycles. The first kappa shape index (κ1) is 16.1. The normalized spacial score (nSPS) is 14.4. The molecule has 2 aromatic rings. The van der Waals surface area contributed by atoms with Crippen molar-refractivity contribution < 1.29 is 13.2 Å². The quantitative estimate of drug-likeness (QED) is 0.660. The molecule has 2 heterocycles. The fourth-order valence-electron chi connectivity index (χ4n) is 2.41. The number of halogens is 3. The summed E-state index contributed by atoms with van der Waals surface area (Å²) in [4.78, 5) is 8.94. The molecule has 0 saturated heterocycles. The molecule has 0 amide bonds. The average Bonchev–Trinajstić information content (AvgIpc) is 2.54. The molecule has 4 nitrogen and oxygen atoms in total. The van der Waals surface area contributed by atoms with E-state index in [4.69, 9.17) is 0 Å². The van der Waals surface area contributed by atoms with Crippen LogP contribution < -0.4 is 10.6 Å². The Labute approximate surface area is 135 Å². The Morgan fingerprint density at radius 2 is 1.91 bits per heavy atom. The van der Waals surface area contributed by atoms with Crippen molar-refractivity contribution in [1.29, 1.82) is 0 Å². The summed E-state index contributed by atoms with van der Waals surface area (Å²) in [5.74, 6) is 0.667. The van der Waals surface area contributed by atoms with Crippen molar-refractivity contribution in [3.05, 3.63) is 41.1 Å². The van der Waals surface area contributed by atoms with Gasteiger partial charge in [0.15, 0.2) is 5.16 Å². The monoisotopic (exact) mass is 340 g/mol. The Morgan fingerprint density at radius 3 is 2.57 bits per heavy atom. The fourth-order valence-corrected chi connectivity index (χ4v) is 2.79. The molecule has 0 fully saturated rings. The van der Waals surface area contributed by atoms with E-state index in [0.717, 1.165) is 36.4 Å². The standard InChI is InChI=1S/C15H15F3N4S/c1-23-14-21-12-8-19-7-6-11(12)13(22-14)20-10-4-2-9(3-5-10)15(16,17)18/h2-5,19H,6-8H2,1H3,(H,20,21,22). The van der Waals surface area contributed by atoms with Gasteiger partial charge in [-0.2, -0.15) is 13.2 Å². The Morgan fingerprint density at radius 1 is 1.17 bits per heavy atom. The second kappa shape index (κ2) is 6.37. The van der Waals surface area contributed by atoms with Crippen LogP contribution in [0, 0.1) is 0 Å². The summed E-state index contributed by atoms with van der Waals surface area (Å²) < 4.78 is 37.9. The summed E-state index contributed by atoms with van der Waals surface area (Å²) in [5, 5.41) is 7.02. The molecular formula is C15H15F3N4S. The highest BCUT2D eigenvalue weighted by atomic mass is 32.2. The summed E-state index contributed by atoms with van der Waals surface area (Å²) in [6, 6.07) is 4.95. The van der Waals surface area contributed by atoms with Crippen molar-refractivity contribution in [2.24, 2.45) is 0 Å². The van der Waals surface area contributed by atoms with Crippen molar-refractivity contribution in [3.8, 4) is 0 Å². The van der Waals surface area contributed by atoms with Gasteiger partial charge in [0.05, 0.1) is 11.3 Å². The molecule has 3 rings (SSSR count). The molecule has 2 N–H and O–H groups in total. The molecule has 1 aliphatic heterocycles. The number of hydrogen-bond donors (Lipinski definition) is 2. The summed E-state index contributed by atoms with van der Waals surface area (Å²) in [6.07, 6.45) is -1.66. The molecule has 1 aliphatic rings. The number of alkyl halides is 3. The zero-order valence-corrected chi connectivity index (χ0v) is 13.2. The van der Waals surface area contributed by atoms with Crippen LogP contribution in [0.3, 0.4) is 0 Å². The largest absolute Gasteiger partial charge is 0.416 e. The predicted molar refractivity (Wildman–Crippen MR) is 84.0 cm³/mol. The van der Waals surface area contributed by atoms with Crippen LogP contribution in [0.25, 0.3) is 0 Å². The Bertz CT molecular complexity index is 701. The highest BCUT2D eigenvalue weighted by Crippen LogP contribution is 2.31. The van der Waals surface area contributed by atoms with Crippen molar-refractivity contribution in [2.75, 3.05) is 18.1 Å². The minimum atomic E-state index is -4.33.